The molecule has 1 fully saturated rings. The molecule has 1 aromatic heterocycles. The summed E-state index contributed by atoms with van der Waals surface area (Å²) in [7, 11) is 0. The van der Waals surface area contributed by atoms with E-state index in [-0.39, 0.29) is 6.04 Å². The quantitative estimate of drug-likeness (QED) is 0.845. The average molecular weight is 226 g/mol. The van der Waals surface area contributed by atoms with Gasteiger partial charge in [0.2, 0.25) is 0 Å². The Bertz CT molecular complexity index is 270. The van der Waals surface area contributed by atoms with Gasteiger partial charge in [0.25, 0.3) is 0 Å². The minimum absolute atomic E-state index is 0.202. The van der Waals surface area contributed by atoms with Gasteiger partial charge in [0.15, 0.2) is 0 Å². The molecule has 84 valence electrons. The molecule has 1 aliphatic rings. The Morgan fingerprint density at radius 2 is 2.27 bits per heavy atom. The molecular weight excluding hydrogens is 208 g/mol. The first-order chi connectivity index (χ1) is 7.36. The predicted molar refractivity (Wildman–Crippen MR) is 63.1 cm³/mol. The lowest BCUT2D eigenvalue weighted by Crippen LogP contribution is -2.37. The van der Waals surface area contributed by atoms with E-state index in [9.17, 15) is 0 Å². The molecule has 0 bridgehead atoms. The van der Waals surface area contributed by atoms with E-state index in [0.717, 1.165) is 39.3 Å². The van der Waals surface area contributed by atoms with Crippen molar-refractivity contribution < 1.29 is 4.74 Å². The van der Waals surface area contributed by atoms with E-state index < -0.39 is 0 Å². The fraction of sp³-hybridized carbons (Fsp3) is 0.636. The van der Waals surface area contributed by atoms with Crippen molar-refractivity contribution in [1.29, 1.82) is 0 Å². The van der Waals surface area contributed by atoms with Gasteiger partial charge in [-0.2, -0.15) is 0 Å². The highest BCUT2D eigenvalue weighted by Gasteiger charge is 2.13. The molecule has 2 heterocycles. The first kappa shape index (κ1) is 11.1. The van der Waals surface area contributed by atoms with Gasteiger partial charge in [-0.25, -0.2) is 0 Å². The molecule has 1 saturated heterocycles. The lowest BCUT2D eigenvalue weighted by molar-refractivity contribution is 0.0366. The zero-order chi connectivity index (χ0) is 10.5. The van der Waals surface area contributed by atoms with Crippen molar-refractivity contribution in [3.05, 3.63) is 22.4 Å². The lowest BCUT2D eigenvalue weighted by atomic mass is 10.2. The van der Waals surface area contributed by atoms with E-state index >= 15 is 0 Å². The first-order valence-corrected chi connectivity index (χ1v) is 6.33. The van der Waals surface area contributed by atoms with Gasteiger partial charge in [0.1, 0.15) is 0 Å². The van der Waals surface area contributed by atoms with Gasteiger partial charge in [-0.05, 0) is 17.9 Å². The van der Waals surface area contributed by atoms with Crippen LogP contribution in [-0.4, -0.2) is 37.7 Å². The summed E-state index contributed by atoms with van der Waals surface area (Å²) < 4.78 is 5.31. The van der Waals surface area contributed by atoms with Gasteiger partial charge in [-0.1, -0.05) is 6.07 Å². The van der Waals surface area contributed by atoms with E-state index in [4.69, 9.17) is 10.5 Å². The zero-order valence-corrected chi connectivity index (χ0v) is 9.71. The molecule has 0 unspecified atom stereocenters. The van der Waals surface area contributed by atoms with Crippen LogP contribution in [0.25, 0.3) is 0 Å². The second-order valence-corrected chi connectivity index (χ2v) is 4.84. The standard InChI is InChI=1S/C11H18N2OS/c12-10(11-2-1-9-15-11)3-4-13-5-7-14-8-6-13/h1-2,9-10H,3-8,12H2/t10-/m0/s1. The molecule has 4 heteroatoms. The molecule has 1 aromatic rings. The third kappa shape index (κ3) is 3.28. The summed E-state index contributed by atoms with van der Waals surface area (Å²) in [6, 6.07) is 4.39. The number of thiophene rings is 1. The summed E-state index contributed by atoms with van der Waals surface area (Å²) in [4.78, 5) is 3.72. The van der Waals surface area contributed by atoms with E-state index in [1.807, 2.05) is 0 Å². The monoisotopic (exact) mass is 226 g/mol. The minimum Gasteiger partial charge on any atom is -0.379 e. The Morgan fingerprint density at radius 3 is 2.93 bits per heavy atom. The Balaban J connectivity index is 1.73. The van der Waals surface area contributed by atoms with Crippen LogP contribution in [0.2, 0.25) is 0 Å². The van der Waals surface area contributed by atoms with Gasteiger partial charge < -0.3 is 10.5 Å². The minimum atomic E-state index is 0.202. The van der Waals surface area contributed by atoms with E-state index in [0.29, 0.717) is 0 Å². The molecule has 2 rings (SSSR count). The van der Waals surface area contributed by atoms with Gasteiger partial charge in [-0.3, -0.25) is 4.90 Å². The first-order valence-electron chi connectivity index (χ1n) is 5.45. The average Bonchev–Trinajstić information content (AvgIpc) is 2.81. The Labute approximate surface area is 94.8 Å². The highest BCUT2D eigenvalue weighted by molar-refractivity contribution is 7.10. The molecule has 2 N–H and O–H groups in total. The van der Waals surface area contributed by atoms with Crippen LogP contribution in [0, 0.1) is 0 Å². The Morgan fingerprint density at radius 1 is 1.47 bits per heavy atom. The molecule has 15 heavy (non-hydrogen) atoms. The van der Waals surface area contributed by atoms with Gasteiger partial charge in [0.05, 0.1) is 13.2 Å². The maximum absolute atomic E-state index is 6.11. The van der Waals surface area contributed by atoms with Crippen LogP contribution in [-0.2, 0) is 4.74 Å². The fourth-order valence-corrected chi connectivity index (χ4v) is 2.55. The number of nitrogens with zero attached hydrogens (tertiary/aromatic N) is 1. The fourth-order valence-electron chi connectivity index (χ4n) is 1.79. The maximum Gasteiger partial charge on any atom is 0.0594 e. The number of hydrogen-bond acceptors (Lipinski definition) is 4. The van der Waals surface area contributed by atoms with Gasteiger partial charge in [-0.15, -0.1) is 11.3 Å². The largest absolute Gasteiger partial charge is 0.379 e. The summed E-state index contributed by atoms with van der Waals surface area (Å²) in [5.74, 6) is 0. The molecule has 0 aromatic carbocycles. The third-order valence-corrected chi connectivity index (χ3v) is 3.77. The molecule has 1 atom stereocenters. The van der Waals surface area contributed by atoms with Crippen molar-refractivity contribution in [1.82, 2.24) is 4.90 Å². The molecule has 0 amide bonds. The van der Waals surface area contributed by atoms with E-state index in [1.54, 1.807) is 11.3 Å². The van der Waals surface area contributed by atoms with Gasteiger partial charge >= 0.3 is 0 Å². The molecule has 1 aliphatic heterocycles. The molecule has 0 radical (unpaired) electrons. The SMILES string of the molecule is N[C@@H](CCN1CCOCC1)c1cccs1. The summed E-state index contributed by atoms with van der Waals surface area (Å²) in [5.41, 5.74) is 6.11. The molecule has 0 spiro atoms. The zero-order valence-electron chi connectivity index (χ0n) is 8.89. The van der Waals surface area contributed by atoms with Crippen LogP contribution in [0.15, 0.2) is 17.5 Å². The van der Waals surface area contributed by atoms with Crippen LogP contribution in [0.5, 0.6) is 0 Å². The summed E-state index contributed by atoms with van der Waals surface area (Å²) in [5, 5.41) is 2.09. The normalized spacial score (nSPS) is 20.3. The third-order valence-electron chi connectivity index (χ3n) is 2.77. The lowest BCUT2D eigenvalue weighted by Gasteiger charge is -2.27. The van der Waals surface area contributed by atoms with Crippen LogP contribution in [0.4, 0.5) is 0 Å². The van der Waals surface area contributed by atoms with Crippen molar-refractivity contribution in [3.8, 4) is 0 Å². The predicted octanol–water partition coefficient (Wildman–Crippen LogP) is 1.47. The van der Waals surface area contributed by atoms with Gasteiger partial charge in [0, 0.05) is 30.6 Å². The second-order valence-electron chi connectivity index (χ2n) is 3.86. The Hall–Kier alpha value is -0.420. The van der Waals surface area contributed by atoms with Crippen LogP contribution in [0.1, 0.15) is 17.3 Å². The van der Waals surface area contributed by atoms with Crippen molar-refractivity contribution in [2.24, 2.45) is 5.73 Å². The maximum atomic E-state index is 6.11. The van der Waals surface area contributed by atoms with E-state index in [1.165, 1.54) is 4.88 Å². The van der Waals surface area contributed by atoms with E-state index in [2.05, 4.69) is 22.4 Å². The number of morpholine rings is 1. The number of nitrogens with two attached hydrogens (primary N) is 1. The topological polar surface area (TPSA) is 38.5 Å². The van der Waals surface area contributed by atoms with Crippen molar-refractivity contribution in [3.63, 3.8) is 0 Å². The summed E-state index contributed by atoms with van der Waals surface area (Å²) in [6.45, 7) is 4.93. The number of rotatable bonds is 4. The van der Waals surface area contributed by atoms with Crippen molar-refractivity contribution in [2.75, 3.05) is 32.8 Å². The van der Waals surface area contributed by atoms with Crippen molar-refractivity contribution >= 4 is 11.3 Å². The molecule has 0 saturated carbocycles. The van der Waals surface area contributed by atoms with Crippen LogP contribution >= 0.6 is 11.3 Å². The van der Waals surface area contributed by atoms with Crippen LogP contribution in [0.3, 0.4) is 0 Å². The Kier molecular flexibility index (Phi) is 4.14. The smallest absolute Gasteiger partial charge is 0.0594 e. The summed E-state index contributed by atoms with van der Waals surface area (Å²) in [6.07, 6.45) is 1.04. The molecule has 0 aliphatic carbocycles. The highest BCUT2D eigenvalue weighted by Crippen LogP contribution is 2.19. The van der Waals surface area contributed by atoms with Crippen molar-refractivity contribution in [2.45, 2.75) is 12.5 Å². The highest BCUT2D eigenvalue weighted by atomic mass is 32.1. The number of hydrogen-bond donors (Lipinski definition) is 1. The molecular formula is C11H18N2OS. The van der Waals surface area contributed by atoms with Crippen LogP contribution < -0.4 is 5.73 Å². The second kappa shape index (κ2) is 5.61. The number of ether oxygens (including phenoxy) is 1. The summed E-state index contributed by atoms with van der Waals surface area (Å²) >= 11 is 1.75. The molecule has 3 nitrogen and oxygen atoms in total.